The number of carbonyl (C=O) groups is 1. The average Bonchev–Trinajstić information content (AvgIpc) is 3.45. The summed E-state index contributed by atoms with van der Waals surface area (Å²) in [6.07, 6.45) is 3.18. The fourth-order valence-corrected chi connectivity index (χ4v) is 7.38. The van der Waals surface area contributed by atoms with Crippen molar-refractivity contribution in [3.8, 4) is 18.0 Å². The molecule has 238 valence electrons. The molecule has 46 heavy (non-hydrogen) atoms. The number of rotatable bonds is 8. The molecule has 0 spiro atoms. The zero-order chi connectivity index (χ0) is 32.4. The molecular formula is C36H41N7O3. The van der Waals surface area contributed by atoms with Gasteiger partial charge in [-0.25, -0.2) is 4.98 Å². The number of hydrogen-bond donors (Lipinski definition) is 0. The minimum atomic E-state index is -0.319. The van der Waals surface area contributed by atoms with Gasteiger partial charge >= 0.3 is 0 Å². The van der Waals surface area contributed by atoms with Gasteiger partial charge in [0, 0.05) is 62.5 Å². The molecule has 1 aromatic heterocycles. The highest BCUT2D eigenvalue weighted by Gasteiger charge is 2.36. The van der Waals surface area contributed by atoms with Crippen LogP contribution >= 0.6 is 0 Å². The number of likely N-dealkylation sites (tertiary alicyclic amines) is 1. The Morgan fingerprint density at radius 1 is 1.11 bits per heavy atom. The van der Waals surface area contributed by atoms with Gasteiger partial charge in [0.2, 0.25) is 11.8 Å². The number of nitriles is 2. The van der Waals surface area contributed by atoms with Crippen LogP contribution in [-0.4, -0.2) is 92.4 Å². The second-order valence-corrected chi connectivity index (χ2v) is 12.5. The van der Waals surface area contributed by atoms with Crippen molar-refractivity contribution in [2.75, 3.05) is 63.3 Å². The Kier molecular flexibility index (Phi) is 9.12. The molecule has 0 N–H and O–H groups in total. The average molecular weight is 620 g/mol. The number of piperazine rings is 1. The minimum Gasteiger partial charge on any atom is -0.475 e. The smallest absolute Gasteiger partial charge is 0.246 e. The zero-order valence-electron chi connectivity index (χ0n) is 26.9. The van der Waals surface area contributed by atoms with E-state index >= 15 is 0 Å². The third-order valence-electron chi connectivity index (χ3n) is 9.82. The van der Waals surface area contributed by atoms with E-state index in [1.165, 1.54) is 28.1 Å². The standard InChI is InChI=1S/C36H41N7O3/c1-5-33(44)43-17-16-42(20-26(43)12-14-37)35-29-13-15-41(32-11-7-10-25-9-6-8-24(2)34(25)32)22-31(29)39-36(30(35)19-38)46-23-27-18-28(45-4)21-40(27)3/h5-11,26-28H,1,12-13,15-18,20-23H2,2-4H3/t26?,27-,28-/m0/s1. The van der Waals surface area contributed by atoms with E-state index in [4.69, 9.17) is 14.5 Å². The fourth-order valence-electron chi connectivity index (χ4n) is 7.38. The van der Waals surface area contributed by atoms with Gasteiger partial charge in [-0.1, -0.05) is 36.9 Å². The van der Waals surface area contributed by atoms with E-state index in [2.05, 4.69) is 83.8 Å². The van der Waals surface area contributed by atoms with E-state index in [9.17, 15) is 15.3 Å². The largest absolute Gasteiger partial charge is 0.475 e. The first-order valence-corrected chi connectivity index (χ1v) is 16.0. The third kappa shape index (κ3) is 5.87. The van der Waals surface area contributed by atoms with E-state index in [1.54, 1.807) is 12.0 Å². The molecule has 10 heteroatoms. The number of benzene rings is 2. The molecule has 3 aliphatic heterocycles. The molecule has 2 saturated heterocycles. The van der Waals surface area contributed by atoms with Crippen molar-refractivity contribution in [2.24, 2.45) is 0 Å². The van der Waals surface area contributed by atoms with Gasteiger partial charge < -0.3 is 24.2 Å². The SMILES string of the molecule is C=CC(=O)N1CCN(c2c(C#N)c(OC[C@@H]3C[C@H](OC)CN3C)nc3c2CCN(c2cccc4cccc(C)c24)C3)CC1CC#N. The Morgan fingerprint density at radius 3 is 2.63 bits per heavy atom. The number of aryl methyl sites for hydroxylation is 1. The number of ether oxygens (including phenoxy) is 2. The van der Waals surface area contributed by atoms with Gasteiger partial charge in [0.1, 0.15) is 18.2 Å². The predicted octanol–water partition coefficient (Wildman–Crippen LogP) is 4.19. The number of nitrogens with zero attached hydrogens (tertiary/aromatic N) is 7. The summed E-state index contributed by atoms with van der Waals surface area (Å²) in [5.74, 6) is 0.153. The summed E-state index contributed by atoms with van der Waals surface area (Å²) in [6.45, 7) is 9.75. The number of amides is 1. The Bertz CT molecular complexity index is 1720. The van der Waals surface area contributed by atoms with Crippen LogP contribution in [0.1, 0.15) is 35.2 Å². The van der Waals surface area contributed by atoms with Crippen molar-refractivity contribution in [3.63, 3.8) is 0 Å². The van der Waals surface area contributed by atoms with Crippen LogP contribution in [0.3, 0.4) is 0 Å². The molecular weight excluding hydrogens is 578 g/mol. The molecule has 3 atom stereocenters. The number of methoxy groups -OCH3 is 1. The van der Waals surface area contributed by atoms with Crippen LogP contribution in [0.25, 0.3) is 10.8 Å². The van der Waals surface area contributed by atoms with Gasteiger partial charge in [-0.3, -0.25) is 9.69 Å². The van der Waals surface area contributed by atoms with E-state index in [-0.39, 0.29) is 30.5 Å². The zero-order valence-corrected chi connectivity index (χ0v) is 26.9. The van der Waals surface area contributed by atoms with Crippen molar-refractivity contribution in [3.05, 3.63) is 71.4 Å². The number of likely N-dealkylation sites (N-methyl/N-ethyl adjacent to an activating group) is 1. The Hall–Kier alpha value is -4.64. The lowest BCUT2D eigenvalue weighted by molar-refractivity contribution is -0.128. The third-order valence-corrected chi connectivity index (χ3v) is 9.82. The summed E-state index contributed by atoms with van der Waals surface area (Å²) in [6, 6.07) is 17.3. The minimum absolute atomic E-state index is 0.140. The Balaban J connectivity index is 1.40. The summed E-state index contributed by atoms with van der Waals surface area (Å²) in [7, 11) is 3.80. The molecule has 1 unspecified atom stereocenters. The van der Waals surface area contributed by atoms with E-state index < -0.39 is 0 Å². The van der Waals surface area contributed by atoms with Crippen molar-refractivity contribution < 1.29 is 14.3 Å². The van der Waals surface area contributed by atoms with Crippen molar-refractivity contribution >= 4 is 28.1 Å². The van der Waals surface area contributed by atoms with Gasteiger partial charge in [-0.2, -0.15) is 10.5 Å². The van der Waals surface area contributed by atoms with Crippen molar-refractivity contribution in [2.45, 2.75) is 50.9 Å². The van der Waals surface area contributed by atoms with E-state index in [0.29, 0.717) is 50.7 Å². The van der Waals surface area contributed by atoms with Crippen LogP contribution < -0.4 is 14.5 Å². The van der Waals surface area contributed by atoms with E-state index in [1.807, 2.05) is 0 Å². The monoisotopic (exact) mass is 619 g/mol. The maximum atomic E-state index is 12.7. The van der Waals surface area contributed by atoms with Crippen LogP contribution in [0.15, 0.2) is 49.1 Å². The van der Waals surface area contributed by atoms with Crippen LogP contribution in [0.5, 0.6) is 5.88 Å². The second-order valence-electron chi connectivity index (χ2n) is 12.5. The lowest BCUT2D eigenvalue weighted by Gasteiger charge is -2.43. The Labute approximate surface area is 271 Å². The lowest BCUT2D eigenvalue weighted by Crippen LogP contribution is -2.55. The van der Waals surface area contributed by atoms with Gasteiger partial charge in [0.25, 0.3) is 0 Å². The maximum Gasteiger partial charge on any atom is 0.246 e. The summed E-state index contributed by atoms with van der Waals surface area (Å²) in [5.41, 5.74) is 5.54. The highest BCUT2D eigenvalue weighted by atomic mass is 16.5. The fraction of sp³-hybridized carbons (Fsp3) is 0.444. The molecule has 0 saturated carbocycles. The highest BCUT2D eigenvalue weighted by Crippen LogP contribution is 2.40. The van der Waals surface area contributed by atoms with Crippen molar-refractivity contribution in [1.82, 2.24) is 14.8 Å². The molecule has 0 aliphatic carbocycles. The molecule has 2 fully saturated rings. The van der Waals surface area contributed by atoms with Crippen LogP contribution in [0, 0.1) is 29.6 Å². The lowest BCUT2D eigenvalue weighted by atomic mass is 9.95. The number of fused-ring (bicyclic) bond motifs is 2. The molecule has 1 amide bonds. The summed E-state index contributed by atoms with van der Waals surface area (Å²) < 4.78 is 12.1. The number of anilines is 2. The van der Waals surface area contributed by atoms with Gasteiger partial charge in [0.15, 0.2) is 0 Å². The van der Waals surface area contributed by atoms with Gasteiger partial charge in [-0.05, 0) is 49.9 Å². The highest BCUT2D eigenvalue weighted by molar-refractivity contribution is 5.97. The van der Waals surface area contributed by atoms with Gasteiger partial charge in [-0.15, -0.1) is 0 Å². The predicted molar refractivity (Wildman–Crippen MR) is 178 cm³/mol. The molecule has 10 nitrogen and oxygen atoms in total. The molecule has 0 radical (unpaired) electrons. The van der Waals surface area contributed by atoms with Crippen molar-refractivity contribution in [1.29, 1.82) is 10.5 Å². The Morgan fingerprint density at radius 2 is 1.91 bits per heavy atom. The summed E-state index contributed by atoms with van der Waals surface area (Å²) >= 11 is 0. The maximum absolute atomic E-state index is 12.7. The molecule has 3 aliphatic rings. The normalized spacial score (nSPS) is 21.5. The molecule has 0 bridgehead atoms. The quantitative estimate of drug-likeness (QED) is 0.343. The molecule has 6 rings (SSSR count). The molecule has 3 aromatic rings. The number of pyridine rings is 1. The first kappa shape index (κ1) is 31.3. The van der Waals surface area contributed by atoms with Crippen LogP contribution in [-0.2, 0) is 22.5 Å². The van der Waals surface area contributed by atoms with E-state index in [0.717, 1.165) is 36.5 Å². The number of aromatic nitrogens is 1. The number of carbonyl (C=O) groups excluding carboxylic acids is 1. The van der Waals surface area contributed by atoms with Crippen LogP contribution in [0.4, 0.5) is 11.4 Å². The van der Waals surface area contributed by atoms with Crippen LogP contribution in [0.2, 0.25) is 0 Å². The molecule has 4 heterocycles. The topological polar surface area (TPSA) is 109 Å². The molecule has 2 aromatic carbocycles. The summed E-state index contributed by atoms with van der Waals surface area (Å²) in [5, 5.41) is 22.7. The second kappa shape index (κ2) is 13.4. The van der Waals surface area contributed by atoms with Gasteiger partial charge in [0.05, 0.1) is 42.6 Å². The summed E-state index contributed by atoms with van der Waals surface area (Å²) in [4.78, 5) is 26.2. The first-order valence-electron chi connectivity index (χ1n) is 16.0. The number of hydrogen-bond acceptors (Lipinski definition) is 9. The first-order chi connectivity index (χ1) is 22.4.